The molecule has 0 unspecified atom stereocenters. The first-order valence-electron chi connectivity index (χ1n) is 9.33. The summed E-state index contributed by atoms with van der Waals surface area (Å²) in [4.78, 5) is 60.5. The van der Waals surface area contributed by atoms with Crippen molar-refractivity contribution in [3.8, 4) is 0 Å². The Kier molecular flexibility index (Phi) is 8.42. The van der Waals surface area contributed by atoms with E-state index in [4.69, 9.17) is 15.9 Å². The van der Waals surface area contributed by atoms with Gasteiger partial charge in [0, 0.05) is 17.7 Å². The molecule has 2 heterocycles. The molecule has 7 N–H and O–H groups in total. The molecule has 1 amide bonds. The molecule has 0 spiro atoms. The molecule has 1 atom stereocenters. The molecule has 0 aliphatic rings. The maximum atomic E-state index is 12.3. The molecular weight excluding hydrogens is 501 g/mol. The van der Waals surface area contributed by atoms with E-state index < -0.39 is 29.4 Å². The summed E-state index contributed by atoms with van der Waals surface area (Å²) in [5, 5.41) is 23.2. The first-order chi connectivity index (χ1) is 15.2. The zero-order chi connectivity index (χ0) is 23.3. The number of nitrogen functional groups attached to an aromatic ring is 1. The topological polar surface area (TPSA) is 213 Å². The van der Waals surface area contributed by atoms with Crippen LogP contribution in [0.1, 0.15) is 28.9 Å². The predicted molar refractivity (Wildman–Crippen MR) is 120 cm³/mol. The third-order valence-electron chi connectivity index (χ3n) is 4.36. The Morgan fingerprint density at radius 1 is 1.12 bits per heavy atom. The van der Waals surface area contributed by atoms with Gasteiger partial charge in [-0.05, 0) is 30.7 Å². The van der Waals surface area contributed by atoms with E-state index in [0.29, 0.717) is 11.4 Å². The van der Waals surface area contributed by atoms with Gasteiger partial charge in [0.05, 0.1) is 18.4 Å². The van der Waals surface area contributed by atoms with Crippen LogP contribution in [0.4, 0.5) is 11.6 Å². The van der Waals surface area contributed by atoms with Gasteiger partial charge in [-0.15, -0.1) is 0 Å². The number of amides is 1. The maximum absolute atomic E-state index is 12.3. The number of aliphatic carboxylic acids is 2. The second kappa shape index (κ2) is 11.0. The summed E-state index contributed by atoms with van der Waals surface area (Å²) in [5.74, 6) is -3.16. The summed E-state index contributed by atoms with van der Waals surface area (Å²) in [6.45, 7) is 0.231. The summed E-state index contributed by atoms with van der Waals surface area (Å²) >= 11 is 0. The number of aromatic nitrogens is 4. The van der Waals surface area contributed by atoms with Crippen LogP contribution in [0.3, 0.4) is 0 Å². The van der Waals surface area contributed by atoms with E-state index in [0.717, 1.165) is 0 Å². The van der Waals surface area contributed by atoms with E-state index in [1.807, 2.05) is 0 Å². The van der Waals surface area contributed by atoms with Crippen LogP contribution in [0, 0.1) is 0 Å². The number of benzene rings is 1. The summed E-state index contributed by atoms with van der Waals surface area (Å²) < 4.78 is 0. The van der Waals surface area contributed by atoms with Crippen LogP contribution in [-0.4, -0.2) is 71.1 Å². The van der Waals surface area contributed by atoms with Gasteiger partial charge in [0.15, 0.2) is 11.2 Å². The van der Waals surface area contributed by atoms with Gasteiger partial charge in [-0.2, -0.15) is 4.98 Å². The number of nitrogens with zero attached hydrogens (tertiary/aromatic N) is 3. The molecule has 0 saturated heterocycles. The molecule has 3 rings (SSSR count). The van der Waals surface area contributed by atoms with Gasteiger partial charge in [0.2, 0.25) is 5.95 Å². The second-order valence-electron chi connectivity index (χ2n) is 6.71. The van der Waals surface area contributed by atoms with E-state index in [2.05, 4.69) is 30.6 Å². The number of carboxylic acids is 2. The fourth-order valence-corrected chi connectivity index (χ4v) is 2.76. The van der Waals surface area contributed by atoms with Crippen molar-refractivity contribution in [2.45, 2.75) is 25.4 Å². The van der Waals surface area contributed by atoms with Gasteiger partial charge in [-0.25, -0.2) is 14.8 Å². The molecule has 1 aromatic carbocycles. The molecule has 0 aliphatic heterocycles. The van der Waals surface area contributed by atoms with E-state index in [1.165, 1.54) is 18.3 Å². The van der Waals surface area contributed by atoms with Crippen LogP contribution < -0.4 is 21.9 Å². The molecule has 33 heavy (non-hydrogen) atoms. The normalized spacial score (nSPS) is 11.3. The molecule has 0 saturated carbocycles. The minimum atomic E-state index is -1.31. The molecule has 0 aliphatic carbocycles. The molecule has 0 fully saturated rings. The number of hydrogen-bond donors (Lipinski definition) is 6. The number of carbonyl (C=O) groups excluding carboxylic acids is 1. The standard InChI is InChI=1S/C19H19N7O6.H2Se/c20-19-25-15-14(17(30)26-19)23-11(8-22-15)7-21-10-3-1-9(2-4-10)16(29)24-12(18(31)32)5-6-13(27)28;/h1-4,8,12,21H,5-7H2,(H,24,29)(H,27,28)(H,31,32)(H3,20,22,25,26,30);1H2/t12-;/m0./s1. The number of aromatic amines is 1. The number of carbonyl (C=O) groups is 3. The third kappa shape index (κ3) is 6.72. The zero-order valence-corrected chi connectivity index (χ0v) is 19.1. The Balaban J connectivity index is 0.00000385. The number of rotatable bonds is 9. The number of nitrogens with two attached hydrogens (primary N) is 1. The first kappa shape index (κ1) is 25.2. The Morgan fingerprint density at radius 2 is 1.82 bits per heavy atom. The molecule has 13 nitrogen and oxygen atoms in total. The van der Waals surface area contributed by atoms with Crippen molar-refractivity contribution in [2.75, 3.05) is 11.1 Å². The van der Waals surface area contributed by atoms with Gasteiger partial charge in [0.1, 0.15) is 6.04 Å². The van der Waals surface area contributed by atoms with E-state index in [-0.39, 0.29) is 59.1 Å². The van der Waals surface area contributed by atoms with Gasteiger partial charge in [-0.1, -0.05) is 0 Å². The average Bonchev–Trinajstić information content (AvgIpc) is 2.75. The zero-order valence-electron chi connectivity index (χ0n) is 17.0. The Hall–Kier alpha value is -4.03. The summed E-state index contributed by atoms with van der Waals surface area (Å²) in [6, 6.07) is 4.86. The van der Waals surface area contributed by atoms with E-state index in [9.17, 15) is 19.2 Å². The van der Waals surface area contributed by atoms with Crippen molar-refractivity contribution in [1.29, 1.82) is 0 Å². The number of hydrogen-bond acceptors (Lipinski definition) is 9. The van der Waals surface area contributed by atoms with E-state index in [1.54, 1.807) is 12.1 Å². The van der Waals surface area contributed by atoms with Gasteiger partial charge >= 0.3 is 34.6 Å². The second-order valence-corrected chi connectivity index (χ2v) is 6.71. The first-order valence-corrected chi connectivity index (χ1v) is 9.33. The number of fused-ring (bicyclic) bond motifs is 1. The van der Waals surface area contributed by atoms with Crippen LogP contribution in [0.5, 0.6) is 0 Å². The molecule has 3 aromatic rings. The quantitative estimate of drug-likeness (QED) is 0.188. The fourth-order valence-electron chi connectivity index (χ4n) is 2.76. The number of anilines is 2. The SMILES string of the molecule is Nc1nc(=O)c2nc(CNc3ccc(C(=O)N[C@@H](CCC(=O)O)C(=O)O)cc3)cnc2[nH]1.[SeH2]. The molecule has 174 valence electrons. The van der Waals surface area contributed by atoms with Gasteiger partial charge in [-0.3, -0.25) is 14.4 Å². The molecule has 14 heteroatoms. The van der Waals surface area contributed by atoms with Gasteiger partial charge in [0.25, 0.3) is 5.91 Å². The van der Waals surface area contributed by atoms with Crippen molar-refractivity contribution in [3.05, 3.63) is 52.1 Å². The molecular formula is C19H21N7O6Se. The predicted octanol–water partition coefficient (Wildman–Crippen LogP) is -0.961. The van der Waals surface area contributed by atoms with Crippen molar-refractivity contribution in [1.82, 2.24) is 25.3 Å². The summed E-state index contributed by atoms with van der Waals surface area (Å²) in [6.07, 6.45) is 0.858. The van der Waals surface area contributed by atoms with Crippen molar-refractivity contribution in [2.24, 2.45) is 0 Å². The van der Waals surface area contributed by atoms with Gasteiger partial charge < -0.3 is 31.6 Å². The summed E-state index contributed by atoms with van der Waals surface area (Å²) in [7, 11) is 0. The van der Waals surface area contributed by atoms with Crippen molar-refractivity contribution in [3.63, 3.8) is 0 Å². The van der Waals surface area contributed by atoms with Crippen LogP contribution in [-0.2, 0) is 16.1 Å². The number of H-pyrrole nitrogens is 1. The molecule has 0 bridgehead atoms. The Bertz CT molecular complexity index is 1230. The van der Waals surface area contributed by atoms with Crippen molar-refractivity contribution < 1.29 is 24.6 Å². The average molecular weight is 522 g/mol. The fraction of sp³-hybridized carbons (Fsp3) is 0.211. The van der Waals surface area contributed by atoms with Crippen LogP contribution in [0.25, 0.3) is 11.2 Å². The van der Waals surface area contributed by atoms with E-state index >= 15 is 0 Å². The number of nitrogens with one attached hydrogen (secondary N) is 3. The Labute approximate surface area is 196 Å². The van der Waals surface area contributed by atoms with Crippen molar-refractivity contribution >= 4 is 57.7 Å². The van der Waals surface area contributed by atoms with Crippen LogP contribution in [0.2, 0.25) is 0 Å². The Morgan fingerprint density at radius 3 is 2.45 bits per heavy atom. The van der Waals surface area contributed by atoms with Crippen LogP contribution in [0.15, 0.2) is 35.3 Å². The monoisotopic (exact) mass is 523 g/mol. The molecule has 2 aromatic heterocycles. The van der Waals surface area contributed by atoms with Crippen LogP contribution >= 0.6 is 0 Å². The minimum absolute atomic E-state index is 0. The summed E-state index contributed by atoms with van der Waals surface area (Å²) in [5.41, 5.74) is 6.47. The molecule has 0 radical (unpaired) electrons. The third-order valence-corrected chi connectivity index (χ3v) is 4.36. The number of carboxylic acid groups (broad SMARTS) is 2.